The first-order valence-corrected chi connectivity index (χ1v) is 7.21. The fraction of sp³-hybridized carbons (Fsp3) is 0.438. The minimum atomic E-state index is -0.667. The van der Waals surface area contributed by atoms with Crippen LogP contribution in [0.15, 0.2) is 30.5 Å². The van der Waals surface area contributed by atoms with Gasteiger partial charge >= 0.3 is 5.97 Å². The molecule has 3 rings (SSSR count). The second-order valence-corrected chi connectivity index (χ2v) is 5.68. The SMILES string of the molecule is O=C(O)CC1CCN(Cc2c[nH]c3ccccc23)CC1. The van der Waals surface area contributed by atoms with Crippen LogP contribution in [0.1, 0.15) is 24.8 Å². The molecule has 0 radical (unpaired) electrons. The lowest BCUT2D eigenvalue weighted by Gasteiger charge is -2.31. The smallest absolute Gasteiger partial charge is 0.303 e. The maximum absolute atomic E-state index is 10.7. The molecule has 1 aromatic heterocycles. The van der Waals surface area contributed by atoms with Gasteiger partial charge in [0, 0.05) is 30.1 Å². The number of hydrogen-bond acceptors (Lipinski definition) is 2. The molecule has 106 valence electrons. The van der Waals surface area contributed by atoms with Crippen molar-refractivity contribution in [1.82, 2.24) is 9.88 Å². The predicted octanol–water partition coefficient (Wildman–Crippen LogP) is 2.85. The Kier molecular flexibility index (Phi) is 3.74. The van der Waals surface area contributed by atoms with Crippen LogP contribution in [0.5, 0.6) is 0 Å². The Morgan fingerprint density at radius 2 is 2.05 bits per heavy atom. The Hall–Kier alpha value is -1.81. The van der Waals surface area contributed by atoms with E-state index in [1.807, 2.05) is 6.07 Å². The van der Waals surface area contributed by atoms with Crippen molar-refractivity contribution in [2.24, 2.45) is 5.92 Å². The summed E-state index contributed by atoms with van der Waals surface area (Å²) >= 11 is 0. The number of nitrogens with one attached hydrogen (secondary N) is 1. The van der Waals surface area contributed by atoms with Gasteiger partial charge in [0.05, 0.1) is 0 Å². The average molecular weight is 272 g/mol. The summed E-state index contributed by atoms with van der Waals surface area (Å²) in [6.07, 6.45) is 4.40. The van der Waals surface area contributed by atoms with Crippen LogP contribution < -0.4 is 0 Å². The van der Waals surface area contributed by atoms with Crippen molar-refractivity contribution in [3.05, 3.63) is 36.0 Å². The number of nitrogens with zero attached hydrogens (tertiary/aromatic N) is 1. The first-order chi connectivity index (χ1) is 9.72. The zero-order chi connectivity index (χ0) is 13.9. The first kappa shape index (κ1) is 13.2. The number of carboxylic acids is 1. The van der Waals surface area contributed by atoms with Gasteiger partial charge in [0.15, 0.2) is 0 Å². The molecule has 20 heavy (non-hydrogen) atoms. The minimum absolute atomic E-state index is 0.320. The van der Waals surface area contributed by atoms with E-state index >= 15 is 0 Å². The number of para-hydroxylation sites is 1. The molecule has 0 unspecified atom stereocenters. The molecule has 1 aliphatic heterocycles. The molecule has 0 aliphatic carbocycles. The highest BCUT2D eigenvalue weighted by Crippen LogP contribution is 2.24. The van der Waals surface area contributed by atoms with E-state index in [0.29, 0.717) is 12.3 Å². The predicted molar refractivity (Wildman–Crippen MR) is 78.6 cm³/mol. The highest BCUT2D eigenvalue weighted by atomic mass is 16.4. The summed E-state index contributed by atoms with van der Waals surface area (Å²) in [4.78, 5) is 16.5. The number of benzene rings is 1. The number of carbonyl (C=O) groups is 1. The standard InChI is InChI=1S/C16H20N2O2/c19-16(20)9-12-5-7-18(8-6-12)11-13-10-17-15-4-2-1-3-14(13)15/h1-4,10,12,17H,5-9,11H2,(H,19,20). The maximum atomic E-state index is 10.7. The second-order valence-electron chi connectivity index (χ2n) is 5.68. The summed E-state index contributed by atoms with van der Waals surface area (Å²) in [5.41, 5.74) is 2.51. The number of aromatic amines is 1. The molecule has 1 fully saturated rings. The third kappa shape index (κ3) is 2.85. The number of fused-ring (bicyclic) bond motifs is 1. The number of piperidine rings is 1. The summed E-state index contributed by atoms with van der Waals surface area (Å²) in [7, 11) is 0. The van der Waals surface area contributed by atoms with Crippen LogP contribution in [0.3, 0.4) is 0 Å². The number of hydrogen-bond donors (Lipinski definition) is 2. The molecule has 2 N–H and O–H groups in total. The molecule has 1 aliphatic rings. The quantitative estimate of drug-likeness (QED) is 0.899. The molecule has 0 saturated carbocycles. The lowest BCUT2D eigenvalue weighted by molar-refractivity contribution is -0.138. The van der Waals surface area contributed by atoms with Gasteiger partial charge in [0.2, 0.25) is 0 Å². The zero-order valence-corrected chi connectivity index (χ0v) is 11.5. The van der Waals surface area contributed by atoms with Crippen molar-refractivity contribution in [1.29, 1.82) is 0 Å². The third-order valence-corrected chi connectivity index (χ3v) is 4.24. The van der Waals surface area contributed by atoms with Crippen LogP contribution in [0.25, 0.3) is 10.9 Å². The Morgan fingerprint density at radius 3 is 2.80 bits per heavy atom. The molecule has 0 atom stereocenters. The molecule has 0 spiro atoms. The molecule has 0 bridgehead atoms. The molecular formula is C16H20N2O2. The molecule has 1 aromatic carbocycles. The van der Waals surface area contributed by atoms with Crippen molar-refractivity contribution < 1.29 is 9.90 Å². The molecule has 0 amide bonds. The average Bonchev–Trinajstić information content (AvgIpc) is 2.84. The fourth-order valence-electron chi connectivity index (χ4n) is 3.10. The second kappa shape index (κ2) is 5.67. The summed E-state index contributed by atoms with van der Waals surface area (Å²) in [5, 5.41) is 10.1. The van der Waals surface area contributed by atoms with Crippen LogP contribution in [0, 0.1) is 5.92 Å². The van der Waals surface area contributed by atoms with E-state index in [4.69, 9.17) is 5.11 Å². The van der Waals surface area contributed by atoms with E-state index in [1.165, 1.54) is 16.5 Å². The number of likely N-dealkylation sites (tertiary alicyclic amines) is 1. The van der Waals surface area contributed by atoms with Gasteiger partial charge in [-0.25, -0.2) is 0 Å². The lowest BCUT2D eigenvalue weighted by atomic mass is 9.93. The van der Waals surface area contributed by atoms with Gasteiger partial charge in [-0.05, 0) is 43.5 Å². The Balaban J connectivity index is 1.61. The van der Waals surface area contributed by atoms with E-state index in [1.54, 1.807) is 0 Å². The number of aliphatic carboxylic acids is 1. The van der Waals surface area contributed by atoms with E-state index in [-0.39, 0.29) is 0 Å². The van der Waals surface area contributed by atoms with Gasteiger partial charge < -0.3 is 10.1 Å². The van der Waals surface area contributed by atoms with Crippen molar-refractivity contribution in [2.75, 3.05) is 13.1 Å². The van der Waals surface area contributed by atoms with Gasteiger partial charge in [-0.15, -0.1) is 0 Å². The monoisotopic (exact) mass is 272 g/mol. The van der Waals surface area contributed by atoms with Crippen molar-refractivity contribution >= 4 is 16.9 Å². The zero-order valence-electron chi connectivity index (χ0n) is 11.5. The topological polar surface area (TPSA) is 56.3 Å². The molecule has 2 heterocycles. The van der Waals surface area contributed by atoms with Gasteiger partial charge in [-0.2, -0.15) is 0 Å². The number of aromatic nitrogens is 1. The summed E-state index contributed by atoms with van der Waals surface area (Å²) in [6.45, 7) is 2.94. The lowest BCUT2D eigenvalue weighted by Crippen LogP contribution is -2.33. The first-order valence-electron chi connectivity index (χ1n) is 7.21. The number of rotatable bonds is 4. The van der Waals surface area contributed by atoms with Crippen LogP contribution >= 0.6 is 0 Å². The molecule has 4 heteroatoms. The Bertz CT molecular complexity index is 597. The van der Waals surface area contributed by atoms with E-state index in [0.717, 1.165) is 32.5 Å². The number of H-pyrrole nitrogens is 1. The van der Waals surface area contributed by atoms with Crippen LogP contribution in [-0.2, 0) is 11.3 Å². The van der Waals surface area contributed by atoms with Crippen molar-refractivity contribution in [3.63, 3.8) is 0 Å². The normalized spacial score (nSPS) is 17.6. The Morgan fingerprint density at radius 1 is 1.30 bits per heavy atom. The largest absolute Gasteiger partial charge is 0.481 e. The highest BCUT2D eigenvalue weighted by Gasteiger charge is 2.21. The van der Waals surface area contributed by atoms with Crippen LogP contribution in [0.2, 0.25) is 0 Å². The summed E-state index contributed by atoms with van der Waals surface area (Å²) in [5.74, 6) is -0.313. The fourth-order valence-corrected chi connectivity index (χ4v) is 3.10. The van der Waals surface area contributed by atoms with E-state index < -0.39 is 5.97 Å². The minimum Gasteiger partial charge on any atom is -0.481 e. The van der Waals surface area contributed by atoms with Gasteiger partial charge in [-0.1, -0.05) is 18.2 Å². The third-order valence-electron chi connectivity index (χ3n) is 4.24. The van der Waals surface area contributed by atoms with Gasteiger partial charge in [-0.3, -0.25) is 9.69 Å². The van der Waals surface area contributed by atoms with Crippen molar-refractivity contribution in [3.8, 4) is 0 Å². The molecule has 4 nitrogen and oxygen atoms in total. The Labute approximate surface area is 118 Å². The molecular weight excluding hydrogens is 252 g/mol. The maximum Gasteiger partial charge on any atom is 0.303 e. The van der Waals surface area contributed by atoms with Gasteiger partial charge in [0.1, 0.15) is 0 Å². The van der Waals surface area contributed by atoms with Gasteiger partial charge in [0.25, 0.3) is 0 Å². The highest BCUT2D eigenvalue weighted by molar-refractivity contribution is 5.82. The summed E-state index contributed by atoms with van der Waals surface area (Å²) < 4.78 is 0. The van der Waals surface area contributed by atoms with E-state index in [9.17, 15) is 4.79 Å². The number of carboxylic acid groups (broad SMARTS) is 1. The van der Waals surface area contributed by atoms with E-state index in [2.05, 4.69) is 34.3 Å². The van der Waals surface area contributed by atoms with Crippen LogP contribution in [-0.4, -0.2) is 34.0 Å². The van der Waals surface area contributed by atoms with Crippen molar-refractivity contribution in [2.45, 2.75) is 25.8 Å². The van der Waals surface area contributed by atoms with Crippen LogP contribution in [0.4, 0.5) is 0 Å². The molecule has 1 saturated heterocycles. The summed E-state index contributed by atoms with van der Waals surface area (Å²) in [6, 6.07) is 8.36. The molecule has 2 aromatic rings.